The van der Waals surface area contributed by atoms with E-state index in [2.05, 4.69) is 36.2 Å². The molecule has 0 saturated carbocycles. The molecule has 0 aromatic heterocycles. The largest absolute Gasteiger partial charge is 0.484 e. The van der Waals surface area contributed by atoms with E-state index >= 15 is 0 Å². The molecule has 25 heavy (non-hydrogen) atoms. The van der Waals surface area contributed by atoms with Crippen LogP contribution in [0.25, 0.3) is 0 Å². The highest BCUT2D eigenvalue weighted by molar-refractivity contribution is 6.30. The standard InChI is InChI=1S/C20H25ClN2O2/c1-3-23(4-2)14-17-9-6-5-8-16(17)13-22-20(24)15-25-19-11-7-10-18(21)12-19/h5-12H,3-4,13-15H2,1-2H3,(H,22,24). The smallest absolute Gasteiger partial charge is 0.258 e. The van der Waals surface area contributed by atoms with Crippen molar-refractivity contribution in [3.8, 4) is 5.75 Å². The number of halogens is 1. The van der Waals surface area contributed by atoms with Crippen molar-refractivity contribution >= 4 is 17.5 Å². The van der Waals surface area contributed by atoms with E-state index < -0.39 is 0 Å². The van der Waals surface area contributed by atoms with E-state index in [1.807, 2.05) is 12.1 Å². The van der Waals surface area contributed by atoms with Gasteiger partial charge < -0.3 is 10.1 Å². The Balaban J connectivity index is 1.87. The second-order valence-electron chi connectivity index (χ2n) is 5.75. The van der Waals surface area contributed by atoms with E-state index in [0.29, 0.717) is 17.3 Å². The highest BCUT2D eigenvalue weighted by Crippen LogP contribution is 2.17. The third kappa shape index (κ3) is 6.40. The minimum absolute atomic E-state index is 0.0292. The molecular formula is C20H25ClN2O2. The summed E-state index contributed by atoms with van der Waals surface area (Å²) in [6.45, 7) is 7.67. The third-order valence-electron chi connectivity index (χ3n) is 4.05. The molecule has 4 nitrogen and oxygen atoms in total. The van der Waals surface area contributed by atoms with Gasteiger partial charge in [0, 0.05) is 18.1 Å². The molecule has 0 spiro atoms. The first-order valence-corrected chi connectivity index (χ1v) is 8.94. The summed E-state index contributed by atoms with van der Waals surface area (Å²) in [7, 11) is 0. The quantitative estimate of drug-likeness (QED) is 0.738. The van der Waals surface area contributed by atoms with Gasteiger partial charge in [0.1, 0.15) is 5.75 Å². The van der Waals surface area contributed by atoms with Crippen molar-refractivity contribution in [1.82, 2.24) is 10.2 Å². The molecule has 0 radical (unpaired) electrons. The van der Waals surface area contributed by atoms with Gasteiger partial charge in [0.05, 0.1) is 0 Å². The van der Waals surface area contributed by atoms with E-state index in [4.69, 9.17) is 16.3 Å². The monoisotopic (exact) mass is 360 g/mol. The van der Waals surface area contributed by atoms with E-state index in [9.17, 15) is 4.79 Å². The SMILES string of the molecule is CCN(CC)Cc1ccccc1CNC(=O)COc1cccc(Cl)c1. The van der Waals surface area contributed by atoms with Crippen molar-refractivity contribution in [3.05, 3.63) is 64.7 Å². The normalized spacial score (nSPS) is 10.7. The Labute approximate surface area is 154 Å². The van der Waals surface area contributed by atoms with E-state index in [1.54, 1.807) is 24.3 Å². The lowest BCUT2D eigenvalue weighted by Gasteiger charge is -2.20. The molecule has 5 heteroatoms. The van der Waals surface area contributed by atoms with E-state index in [0.717, 1.165) is 25.2 Å². The minimum Gasteiger partial charge on any atom is -0.484 e. The van der Waals surface area contributed by atoms with Crippen molar-refractivity contribution in [2.75, 3.05) is 19.7 Å². The molecule has 0 atom stereocenters. The summed E-state index contributed by atoms with van der Waals surface area (Å²) < 4.78 is 5.46. The average Bonchev–Trinajstić information content (AvgIpc) is 2.63. The zero-order chi connectivity index (χ0) is 18.1. The van der Waals surface area contributed by atoms with Gasteiger partial charge in [0.25, 0.3) is 5.91 Å². The number of hydrogen-bond acceptors (Lipinski definition) is 3. The summed E-state index contributed by atoms with van der Waals surface area (Å²) in [4.78, 5) is 14.4. The number of rotatable bonds is 9. The number of amides is 1. The lowest BCUT2D eigenvalue weighted by Crippen LogP contribution is -2.29. The Kier molecular flexibility index (Phi) is 7.76. The Morgan fingerprint density at radius 1 is 1.08 bits per heavy atom. The molecule has 0 aliphatic heterocycles. The maximum Gasteiger partial charge on any atom is 0.258 e. The highest BCUT2D eigenvalue weighted by Gasteiger charge is 2.08. The van der Waals surface area contributed by atoms with Crippen LogP contribution >= 0.6 is 11.6 Å². The predicted octanol–water partition coefficient (Wildman–Crippen LogP) is 3.88. The first-order chi connectivity index (χ1) is 12.1. The minimum atomic E-state index is -0.155. The first-order valence-electron chi connectivity index (χ1n) is 8.56. The van der Waals surface area contributed by atoms with E-state index in [-0.39, 0.29) is 12.5 Å². The fraction of sp³-hybridized carbons (Fsp3) is 0.350. The maximum absolute atomic E-state index is 12.0. The van der Waals surface area contributed by atoms with Crippen LogP contribution in [0.3, 0.4) is 0 Å². The van der Waals surface area contributed by atoms with Crippen molar-refractivity contribution in [3.63, 3.8) is 0 Å². The summed E-state index contributed by atoms with van der Waals surface area (Å²) >= 11 is 5.90. The lowest BCUT2D eigenvalue weighted by atomic mass is 10.1. The lowest BCUT2D eigenvalue weighted by molar-refractivity contribution is -0.123. The van der Waals surface area contributed by atoms with E-state index in [1.165, 1.54) is 5.56 Å². The van der Waals surface area contributed by atoms with Crippen LogP contribution < -0.4 is 10.1 Å². The molecule has 0 fully saturated rings. The van der Waals surface area contributed by atoms with Gasteiger partial charge in [-0.05, 0) is 42.4 Å². The number of nitrogens with one attached hydrogen (secondary N) is 1. The highest BCUT2D eigenvalue weighted by atomic mass is 35.5. The Bertz CT molecular complexity index is 687. The number of hydrogen-bond donors (Lipinski definition) is 1. The summed E-state index contributed by atoms with van der Waals surface area (Å²) in [6.07, 6.45) is 0. The zero-order valence-electron chi connectivity index (χ0n) is 14.8. The molecule has 2 aromatic carbocycles. The fourth-order valence-electron chi connectivity index (χ4n) is 2.52. The van der Waals surface area contributed by atoms with Gasteiger partial charge in [-0.15, -0.1) is 0 Å². The Morgan fingerprint density at radius 3 is 2.48 bits per heavy atom. The zero-order valence-corrected chi connectivity index (χ0v) is 15.6. The predicted molar refractivity (Wildman–Crippen MR) is 102 cm³/mol. The second-order valence-corrected chi connectivity index (χ2v) is 6.19. The van der Waals surface area contributed by atoms with Crippen LogP contribution in [0.1, 0.15) is 25.0 Å². The van der Waals surface area contributed by atoms with Crippen molar-refractivity contribution in [2.45, 2.75) is 26.9 Å². The van der Waals surface area contributed by atoms with Gasteiger partial charge in [-0.1, -0.05) is 55.8 Å². The number of carbonyl (C=O) groups excluding carboxylic acids is 1. The molecule has 1 N–H and O–H groups in total. The number of nitrogens with zero attached hydrogens (tertiary/aromatic N) is 1. The summed E-state index contributed by atoms with van der Waals surface area (Å²) in [5.41, 5.74) is 2.37. The molecule has 0 bridgehead atoms. The van der Waals surface area contributed by atoms with Gasteiger partial charge in [-0.25, -0.2) is 0 Å². The molecule has 0 aliphatic rings. The van der Waals surface area contributed by atoms with Crippen LogP contribution in [-0.2, 0) is 17.9 Å². The molecule has 2 aromatic rings. The fourth-order valence-corrected chi connectivity index (χ4v) is 2.70. The molecule has 2 rings (SSSR count). The van der Waals surface area contributed by atoms with Crippen LogP contribution in [0.15, 0.2) is 48.5 Å². The van der Waals surface area contributed by atoms with Crippen LogP contribution in [0.4, 0.5) is 0 Å². The molecular weight excluding hydrogens is 336 g/mol. The Hall–Kier alpha value is -2.04. The molecule has 0 heterocycles. The average molecular weight is 361 g/mol. The number of carbonyl (C=O) groups is 1. The second kappa shape index (κ2) is 10.1. The van der Waals surface area contributed by atoms with Gasteiger partial charge in [0.2, 0.25) is 0 Å². The van der Waals surface area contributed by atoms with Gasteiger partial charge in [-0.2, -0.15) is 0 Å². The maximum atomic E-state index is 12.0. The van der Waals surface area contributed by atoms with Crippen molar-refractivity contribution in [2.24, 2.45) is 0 Å². The van der Waals surface area contributed by atoms with Crippen LogP contribution in [0.2, 0.25) is 5.02 Å². The van der Waals surface area contributed by atoms with Crippen LogP contribution in [-0.4, -0.2) is 30.5 Å². The summed E-state index contributed by atoms with van der Waals surface area (Å²) in [5.74, 6) is 0.433. The van der Waals surface area contributed by atoms with Gasteiger partial charge in [0.15, 0.2) is 6.61 Å². The van der Waals surface area contributed by atoms with Gasteiger partial charge >= 0.3 is 0 Å². The first kappa shape index (κ1) is 19.3. The molecule has 0 saturated heterocycles. The van der Waals surface area contributed by atoms with Crippen LogP contribution in [0, 0.1) is 0 Å². The van der Waals surface area contributed by atoms with Gasteiger partial charge in [-0.3, -0.25) is 9.69 Å². The number of ether oxygens (including phenoxy) is 1. The van der Waals surface area contributed by atoms with Crippen LogP contribution in [0.5, 0.6) is 5.75 Å². The molecule has 1 amide bonds. The third-order valence-corrected chi connectivity index (χ3v) is 4.28. The summed E-state index contributed by atoms with van der Waals surface area (Å²) in [6, 6.07) is 15.2. The topological polar surface area (TPSA) is 41.6 Å². The van der Waals surface area contributed by atoms with Crippen molar-refractivity contribution < 1.29 is 9.53 Å². The molecule has 0 aliphatic carbocycles. The molecule has 0 unspecified atom stereocenters. The Morgan fingerprint density at radius 2 is 1.80 bits per heavy atom. The molecule has 134 valence electrons. The summed E-state index contributed by atoms with van der Waals surface area (Å²) in [5, 5.41) is 3.50. The number of benzene rings is 2. The van der Waals surface area contributed by atoms with Crippen molar-refractivity contribution in [1.29, 1.82) is 0 Å².